The number of hydrogen-bond donors (Lipinski definition) is 0. The number of halogens is 4. The highest BCUT2D eigenvalue weighted by molar-refractivity contribution is 7.89. The van der Waals surface area contributed by atoms with Crippen LogP contribution < -0.4 is 4.74 Å². The summed E-state index contributed by atoms with van der Waals surface area (Å²) in [4.78, 5) is 7.16. The van der Waals surface area contributed by atoms with E-state index in [9.17, 15) is 21.6 Å². The van der Waals surface area contributed by atoms with Crippen molar-refractivity contribution in [1.29, 1.82) is 0 Å². The molecule has 0 amide bonds. The van der Waals surface area contributed by atoms with Gasteiger partial charge in [-0.1, -0.05) is 17.7 Å². The third kappa shape index (κ3) is 4.39. The molecule has 2 aromatic rings. The van der Waals surface area contributed by atoms with E-state index in [1.807, 2.05) is 0 Å². The van der Waals surface area contributed by atoms with Crippen molar-refractivity contribution >= 4 is 21.6 Å². The second-order valence-electron chi connectivity index (χ2n) is 6.33. The van der Waals surface area contributed by atoms with Crippen LogP contribution in [0.3, 0.4) is 0 Å². The van der Waals surface area contributed by atoms with Gasteiger partial charge in [0.05, 0.1) is 11.4 Å². The molecule has 0 bridgehead atoms. The van der Waals surface area contributed by atoms with Gasteiger partial charge in [0.1, 0.15) is 6.10 Å². The molecule has 1 fully saturated rings. The lowest BCUT2D eigenvalue weighted by molar-refractivity contribution is -0.141. The molecular weight excluding hydrogens is 419 g/mol. The molecule has 2 heterocycles. The maximum absolute atomic E-state index is 13.0. The maximum Gasteiger partial charge on any atom is 0.433 e. The summed E-state index contributed by atoms with van der Waals surface area (Å²) in [5, 5.41) is 0.336. The van der Waals surface area contributed by atoms with Crippen molar-refractivity contribution in [3.05, 3.63) is 46.7 Å². The molecule has 1 aromatic heterocycles. The third-order valence-electron chi connectivity index (χ3n) is 4.37. The monoisotopic (exact) mass is 435 g/mol. The predicted octanol–water partition coefficient (Wildman–Crippen LogP) is 3.69. The minimum Gasteiger partial charge on any atom is -0.459 e. The quantitative estimate of drug-likeness (QED) is 0.732. The van der Waals surface area contributed by atoms with Gasteiger partial charge in [0.15, 0.2) is 5.69 Å². The fourth-order valence-corrected chi connectivity index (χ4v) is 4.92. The zero-order valence-electron chi connectivity index (χ0n) is 14.8. The van der Waals surface area contributed by atoms with Gasteiger partial charge >= 0.3 is 12.2 Å². The van der Waals surface area contributed by atoms with Crippen LogP contribution in [0.25, 0.3) is 0 Å². The molecule has 0 saturated carbocycles. The standard InChI is InChI=1S/C17H17ClF3N3O3S/c1-11-13(18)5-2-6-14(11)28(25,26)24-9-3-4-12(10-24)27-16-22-8-7-15(23-16)17(19,20)21/h2,5-8,12H,3-4,9-10H2,1H3. The summed E-state index contributed by atoms with van der Waals surface area (Å²) in [5.41, 5.74) is -0.680. The summed E-state index contributed by atoms with van der Waals surface area (Å²) < 4.78 is 71.0. The van der Waals surface area contributed by atoms with Crippen LogP contribution in [0.2, 0.25) is 5.02 Å². The van der Waals surface area contributed by atoms with Gasteiger partial charge in [0.2, 0.25) is 10.0 Å². The van der Waals surface area contributed by atoms with Crippen molar-refractivity contribution in [2.75, 3.05) is 13.1 Å². The summed E-state index contributed by atoms with van der Waals surface area (Å²) in [6.45, 7) is 1.87. The van der Waals surface area contributed by atoms with Crippen LogP contribution in [0, 0.1) is 6.92 Å². The van der Waals surface area contributed by atoms with E-state index in [1.54, 1.807) is 19.1 Å². The molecular formula is C17H17ClF3N3O3S. The van der Waals surface area contributed by atoms with Crippen LogP contribution >= 0.6 is 11.6 Å². The number of hydrogen-bond acceptors (Lipinski definition) is 5. The molecule has 0 radical (unpaired) electrons. The second kappa shape index (κ2) is 7.84. The Morgan fingerprint density at radius 2 is 2.04 bits per heavy atom. The Kier molecular flexibility index (Phi) is 5.83. The van der Waals surface area contributed by atoms with Gasteiger partial charge in [0.25, 0.3) is 0 Å². The van der Waals surface area contributed by atoms with Crippen LogP contribution in [0.1, 0.15) is 24.1 Å². The summed E-state index contributed by atoms with van der Waals surface area (Å²) in [7, 11) is -3.82. The minimum absolute atomic E-state index is 0.0199. The first-order valence-corrected chi connectivity index (χ1v) is 10.2. The van der Waals surface area contributed by atoms with Gasteiger partial charge in [-0.15, -0.1) is 0 Å². The zero-order valence-corrected chi connectivity index (χ0v) is 16.4. The van der Waals surface area contributed by atoms with Gasteiger partial charge < -0.3 is 4.74 Å². The molecule has 0 aliphatic carbocycles. The van der Waals surface area contributed by atoms with Crippen LogP contribution in [-0.4, -0.2) is 41.9 Å². The molecule has 1 saturated heterocycles. The number of nitrogens with zero attached hydrogens (tertiary/aromatic N) is 3. The van der Waals surface area contributed by atoms with E-state index >= 15 is 0 Å². The molecule has 1 aliphatic heterocycles. The van der Waals surface area contributed by atoms with E-state index in [4.69, 9.17) is 16.3 Å². The molecule has 1 aliphatic rings. The number of alkyl halides is 3. The Labute approximate surface area is 165 Å². The van der Waals surface area contributed by atoms with E-state index in [-0.39, 0.29) is 18.0 Å². The summed E-state index contributed by atoms with van der Waals surface area (Å²) >= 11 is 6.03. The van der Waals surface area contributed by atoms with E-state index in [0.29, 0.717) is 23.4 Å². The molecule has 6 nitrogen and oxygen atoms in total. The van der Waals surface area contributed by atoms with Crippen molar-refractivity contribution in [3.63, 3.8) is 0 Å². The van der Waals surface area contributed by atoms with Gasteiger partial charge in [-0.25, -0.2) is 13.4 Å². The minimum atomic E-state index is -4.62. The van der Waals surface area contributed by atoms with Crippen LogP contribution in [0.15, 0.2) is 35.4 Å². The van der Waals surface area contributed by atoms with Gasteiger partial charge in [-0.2, -0.15) is 22.5 Å². The maximum atomic E-state index is 13.0. The van der Waals surface area contributed by atoms with Crippen LogP contribution in [0.4, 0.5) is 13.2 Å². The van der Waals surface area contributed by atoms with E-state index in [2.05, 4.69) is 9.97 Å². The Bertz CT molecular complexity index is 970. The lowest BCUT2D eigenvalue weighted by Gasteiger charge is -2.32. The fourth-order valence-electron chi connectivity index (χ4n) is 2.93. The molecule has 1 aromatic carbocycles. The summed E-state index contributed by atoms with van der Waals surface area (Å²) in [5.74, 6) is 0. The lowest BCUT2D eigenvalue weighted by atomic mass is 10.1. The fraction of sp³-hybridized carbons (Fsp3) is 0.412. The first-order valence-electron chi connectivity index (χ1n) is 8.41. The molecule has 152 valence electrons. The van der Waals surface area contributed by atoms with Crippen molar-refractivity contribution in [3.8, 4) is 6.01 Å². The van der Waals surface area contributed by atoms with Crippen molar-refractivity contribution in [2.45, 2.75) is 36.9 Å². The molecule has 0 N–H and O–H groups in total. The average Bonchev–Trinajstić information content (AvgIpc) is 2.63. The van der Waals surface area contributed by atoms with Crippen molar-refractivity contribution in [1.82, 2.24) is 14.3 Å². The number of ether oxygens (including phenoxy) is 1. The second-order valence-corrected chi connectivity index (χ2v) is 8.64. The molecule has 3 rings (SSSR count). The molecule has 1 atom stereocenters. The normalized spacial score (nSPS) is 18.8. The first kappa shape index (κ1) is 20.8. The third-order valence-corrected chi connectivity index (χ3v) is 6.79. The van der Waals surface area contributed by atoms with Crippen molar-refractivity contribution in [2.24, 2.45) is 0 Å². The lowest BCUT2D eigenvalue weighted by Crippen LogP contribution is -2.44. The van der Waals surface area contributed by atoms with E-state index < -0.39 is 34.0 Å². The number of benzene rings is 1. The Balaban J connectivity index is 1.78. The van der Waals surface area contributed by atoms with Gasteiger partial charge in [0, 0.05) is 17.8 Å². The number of sulfonamides is 1. The zero-order chi connectivity index (χ0) is 20.5. The highest BCUT2D eigenvalue weighted by atomic mass is 35.5. The number of rotatable bonds is 4. The molecule has 28 heavy (non-hydrogen) atoms. The largest absolute Gasteiger partial charge is 0.459 e. The SMILES string of the molecule is Cc1c(Cl)cccc1S(=O)(=O)N1CCCC(Oc2nccc(C(F)(F)F)n2)C1. The molecule has 1 unspecified atom stereocenters. The summed E-state index contributed by atoms with van der Waals surface area (Å²) in [6.07, 6.45) is -3.36. The van der Waals surface area contributed by atoms with Gasteiger partial charge in [-0.05, 0) is 43.5 Å². The smallest absolute Gasteiger partial charge is 0.433 e. The van der Waals surface area contributed by atoms with Crippen molar-refractivity contribution < 1.29 is 26.3 Å². The Hall–Kier alpha value is -1.91. The topological polar surface area (TPSA) is 72.4 Å². The molecule has 11 heteroatoms. The summed E-state index contributed by atoms with van der Waals surface area (Å²) in [6, 6.07) is 4.93. The highest BCUT2D eigenvalue weighted by Crippen LogP contribution is 2.30. The predicted molar refractivity (Wildman–Crippen MR) is 95.6 cm³/mol. The van der Waals surface area contributed by atoms with E-state index in [0.717, 1.165) is 12.3 Å². The van der Waals surface area contributed by atoms with Gasteiger partial charge in [-0.3, -0.25) is 0 Å². The first-order chi connectivity index (χ1) is 13.1. The molecule has 0 spiro atoms. The highest BCUT2D eigenvalue weighted by Gasteiger charge is 2.35. The number of piperidine rings is 1. The Morgan fingerprint density at radius 1 is 1.29 bits per heavy atom. The van der Waals surface area contributed by atoms with Crippen LogP contribution in [-0.2, 0) is 16.2 Å². The average molecular weight is 436 g/mol. The van der Waals surface area contributed by atoms with Crippen LogP contribution in [0.5, 0.6) is 6.01 Å². The Morgan fingerprint density at radius 3 is 2.75 bits per heavy atom. The van der Waals surface area contributed by atoms with E-state index in [1.165, 1.54) is 10.4 Å². The number of aromatic nitrogens is 2.